The second-order valence-corrected chi connectivity index (χ2v) is 5.41. The van der Waals surface area contributed by atoms with Crippen molar-refractivity contribution in [1.82, 2.24) is 9.55 Å². The van der Waals surface area contributed by atoms with Gasteiger partial charge in [0, 0.05) is 25.4 Å². The SMILES string of the molecule is CCCc1nccn1CCCCc1ccc(CC)cc1. The van der Waals surface area contributed by atoms with Crippen molar-refractivity contribution in [3.63, 3.8) is 0 Å². The Bertz CT molecular complexity index is 496. The zero-order valence-corrected chi connectivity index (χ0v) is 12.8. The van der Waals surface area contributed by atoms with Gasteiger partial charge in [0.2, 0.25) is 0 Å². The van der Waals surface area contributed by atoms with Gasteiger partial charge in [0.15, 0.2) is 0 Å². The van der Waals surface area contributed by atoms with Crippen LogP contribution < -0.4 is 0 Å². The molecule has 1 aromatic heterocycles. The molecule has 108 valence electrons. The van der Waals surface area contributed by atoms with Crippen molar-refractivity contribution in [2.75, 3.05) is 0 Å². The van der Waals surface area contributed by atoms with Gasteiger partial charge in [0.1, 0.15) is 5.82 Å². The van der Waals surface area contributed by atoms with Crippen LogP contribution in [0, 0.1) is 0 Å². The Balaban J connectivity index is 1.74. The van der Waals surface area contributed by atoms with Gasteiger partial charge in [-0.15, -0.1) is 0 Å². The lowest BCUT2D eigenvalue weighted by Gasteiger charge is -2.07. The molecule has 0 fully saturated rings. The maximum atomic E-state index is 4.42. The van der Waals surface area contributed by atoms with E-state index in [0.29, 0.717) is 0 Å². The molecule has 0 saturated carbocycles. The predicted octanol–water partition coefficient (Wildman–Crippen LogP) is 4.42. The number of aryl methyl sites for hydroxylation is 4. The highest BCUT2D eigenvalue weighted by molar-refractivity contribution is 5.22. The standard InChI is InChI=1S/C18H26N2/c1-3-7-18-19-13-15-20(18)14-6-5-8-17-11-9-16(4-2)10-12-17/h9-13,15H,3-8,14H2,1-2H3. The summed E-state index contributed by atoms with van der Waals surface area (Å²) in [5.74, 6) is 1.24. The molecule has 20 heavy (non-hydrogen) atoms. The van der Waals surface area contributed by atoms with Gasteiger partial charge < -0.3 is 4.57 Å². The largest absolute Gasteiger partial charge is 0.335 e. The second kappa shape index (κ2) is 7.88. The summed E-state index contributed by atoms with van der Waals surface area (Å²) in [5, 5.41) is 0. The fourth-order valence-corrected chi connectivity index (χ4v) is 2.55. The summed E-state index contributed by atoms with van der Waals surface area (Å²) >= 11 is 0. The van der Waals surface area contributed by atoms with E-state index in [9.17, 15) is 0 Å². The molecule has 2 aromatic rings. The van der Waals surface area contributed by atoms with Crippen LogP contribution in [0.1, 0.15) is 50.1 Å². The fourth-order valence-electron chi connectivity index (χ4n) is 2.55. The number of imidazole rings is 1. The molecule has 2 rings (SSSR count). The predicted molar refractivity (Wildman–Crippen MR) is 85.0 cm³/mol. The molecule has 0 bridgehead atoms. The molecule has 1 heterocycles. The minimum absolute atomic E-state index is 1.09. The fraction of sp³-hybridized carbons (Fsp3) is 0.500. The van der Waals surface area contributed by atoms with Crippen LogP contribution in [0.4, 0.5) is 0 Å². The molecular formula is C18H26N2. The lowest BCUT2D eigenvalue weighted by atomic mass is 10.1. The smallest absolute Gasteiger partial charge is 0.108 e. The third-order valence-electron chi connectivity index (χ3n) is 3.82. The molecule has 0 saturated heterocycles. The van der Waals surface area contributed by atoms with Crippen molar-refractivity contribution in [1.29, 1.82) is 0 Å². The van der Waals surface area contributed by atoms with Crippen LogP contribution in [-0.2, 0) is 25.8 Å². The zero-order chi connectivity index (χ0) is 14.2. The molecule has 0 aliphatic heterocycles. The van der Waals surface area contributed by atoms with Crippen molar-refractivity contribution in [3.05, 3.63) is 53.6 Å². The van der Waals surface area contributed by atoms with E-state index in [1.54, 1.807) is 0 Å². The Labute approximate surface area is 122 Å². The Hall–Kier alpha value is -1.57. The molecule has 0 radical (unpaired) electrons. The highest BCUT2D eigenvalue weighted by Crippen LogP contribution is 2.10. The van der Waals surface area contributed by atoms with Gasteiger partial charge in [-0.2, -0.15) is 0 Å². The summed E-state index contributed by atoms with van der Waals surface area (Å²) in [5.41, 5.74) is 2.89. The molecule has 0 amide bonds. The van der Waals surface area contributed by atoms with Gasteiger partial charge in [-0.05, 0) is 43.2 Å². The topological polar surface area (TPSA) is 17.8 Å². The third-order valence-corrected chi connectivity index (χ3v) is 3.82. The zero-order valence-electron chi connectivity index (χ0n) is 12.8. The van der Waals surface area contributed by atoms with E-state index in [2.05, 4.69) is 53.9 Å². The Kier molecular flexibility index (Phi) is 5.85. The van der Waals surface area contributed by atoms with E-state index in [0.717, 1.165) is 19.4 Å². The highest BCUT2D eigenvalue weighted by Gasteiger charge is 2.01. The normalized spacial score (nSPS) is 10.9. The van der Waals surface area contributed by atoms with E-state index in [-0.39, 0.29) is 0 Å². The molecule has 0 unspecified atom stereocenters. The van der Waals surface area contributed by atoms with Crippen molar-refractivity contribution < 1.29 is 0 Å². The van der Waals surface area contributed by atoms with E-state index < -0.39 is 0 Å². The number of hydrogen-bond donors (Lipinski definition) is 0. The van der Waals surface area contributed by atoms with Gasteiger partial charge in [-0.3, -0.25) is 0 Å². The van der Waals surface area contributed by atoms with Crippen molar-refractivity contribution in [2.24, 2.45) is 0 Å². The summed E-state index contributed by atoms with van der Waals surface area (Å²) < 4.78 is 2.31. The van der Waals surface area contributed by atoms with Gasteiger partial charge in [-0.25, -0.2) is 4.98 Å². The molecule has 2 nitrogen and oxygen atoms in total. The van der Waals surface area contributed by atoms with Crippen molar-refractivity contribution in [2.45, 2.75) is 58.9 Å². The number of nitrogens with zero attached hydrogens (tertiary/aromatic N) is 2. The van der Waals surface area contributed by atoms with Crippen LogP contribution in [0.2, 0.25) is 0 Å². The van der Waals surface area contributed by atoms with Crippen LogP contribution in [0.5, 0.6) is 0 Å². The van der Waals surface area contributed by atoms with Gasteiger partial charge in [0.05, 0.1) is 0 Å². The lowest BCUT2D eigenvalue weighted by Crippen LogP contribution is -2.03. The number of aromatic nitrogens is 2. The van der Waals surface area contributed by atoms with Gasteiger partial charge in [-0.1, -0.05) is 38.1 Å². The number of unbranched alkanes of at least 4 members (excludes halogenated alkanes) is 1. The van der Waals surface area contributed by atoms with Crippen LogP contribution in [-0.4, -0.2) is 9.55 Å². The summed E-state index contributed by atoms with van der Waals surface area (Å²) in [6.45, 7) is 5.51. The first-order chi connectivity index (χ1) is 9.83. The van der Waals surface area contributed by atoms with Crippen LogP contribution >= 0.6 is 0 Å². The summed E-state index contributed by atoms with van der Waals surface area (Å²) in [6, 6.07) is 9.06. The van der Waals surface area contributed by atoms with Crippen molar-refractivity contribution in [3.8, 4) is 0 Å². The van der Waals surface area contributed by atoms with Crippen LogP contribution in [0.25, 0.3) is 0 Å². The number of rotatable bonds is 8. The van der Waals surface area contributed by atoms with Crippen molar-refractivity contribution >= 4 is 0 Å². The van der Waals surface area contributed by atoms with Gasteiger partial charge in [0.25, 0.3) is 0 Å². The molecular weight excluding hydrogens is 244 g/mol. The second-order valence-electron chi connectivity index (χ2n) is 5.41. The summed E-state index contributed by atoms with van der Waals surface area (Å²) in [6.07, 6.45) is 11.1. The molecule has 0 aliphatic carbocycles. The molecule has 2 heteroatoms. The third kappa shape index (κ3) is 4.22. The number of benzene rings is 1. The Morgan fingerprint density at radius 1 is 0.950 bits per heavy atom. The van der Waals surface area contributed by atoms with E-state index in [1.807, 2.05) is 6.20 Å². The minimum atomic E-state index is 1.09. The maximum absolute atomic E-state index is 4.42. The number of hydrogen-bond acceptors (Lipinski definition) is 1. The summed E-state index contributed by atoms with van der Waals surface area (Å²) in [4.78, 5) is 4.42. The summed E-state index contributed by atoms with van der Waals surface area (Å²) in [7, 11) is 0. The maximum Gasteiger partial charge on any atom is 0.108 e. The average Bonchev–Trinajstić information content (AvgIpc) is 2.92. The first kappa shape index (κ1) is 14.8. The van der Waals surface area contributed by atoms with Crippen LogP contribution in [0.3, 0.4) is 0 Å². The molecule has 1 aromatic carbocycles. The quantitative estimate of drug-likeness (QED) is 0.649. The van der Waals surface area contributed by atoms with E-state index in [4.69, 9.17) is 0 Å². The lowest BCUT2D eigenvalue weighted by molar-refractivity contribution is 0.581. The average molecular weight is 270 g/mol. The molecule has 0 aliphatic rings. The highest BCUT2D eigenvalue weighted by atomic mass is 15.1. The molecule has 0 atom stereocenters. The minimum Gasteiger partial charge on any atom is -0.335 e. The molecule has 0 N–H and O–H groups in total. The first-order valence-corrected chi connectivity index (χ1v) is 7.91. The van der Waals surface area contributed by atoms with E-state index >= 15 is 0 Å². The molecule has 0 spiro atoms. The first-order valence-electron chi connectivity index (χ1n) is 7.91. The van der Waals surface area contributed by atoms with Crippen LogP contribution in [0.15, 0.2) is 36.7 Å². The van der Waals surface area contributed by atoms with Gasteiger partial charge >= 0.3 is 0 Å². The van der Waals surface area contributed by atoms with E-state index in [1.165, 1.54) is 42.6 Å². The monoisotopic (exact) mass is 270 g/mol. The Morgan fingerprint density at radius 3 is 2.40 bits per heavy atom. The Morgan fingerprint density at radius 2 is 1.70 bits per heavy atom.